The van der Waals surface area contributed by atoms with Crippen LogP contribution in [-0.2, 0) is 0 Å². The molecule has 0 aromatic heterocycles. The molecule has 0 unspecified atom stereocenters. The van der Waals surface area contributed by atoms with E-state index in [9.17, 15) is 0 Å². The van der Waals surface area contributed by atoms with Crippen LogP contribution in [0.4, 0.5) is 5.69 Å². The Hall–Kier alpha value is -2.48. The molecule has 0 saturated heterocycles. The van der Waals surface area contributed by atoms with E-state index in [4.69, 9.17) is 4.74 Å². The van der Waals surface area contributed by atoms with Gasteiger partial charge in [-0.15, -0.1) is 0 Å². The zero-order valence-corrected chi connectivity index (χ0v) is 16.5. The highest BCUT2D eigenvalue weighted by Crippen LogP contribution is 2.34. The molecule has 3 rings (SSSR count). The van der Waals surface area contributed by atoms with Crippen molar-refractivity contribution in [2.75, 3.05) is 18.7 Å². The molecular formula is C24H29NO. The third-order valence-corrected chi connectivity index (χ3v) is 4.92. The summed E-state index contributed by atoms with van der Waals surface area (Å²) >= 11 is 0. The SMILES string of the molecule is CC(C)c1ccc(N(C)COc2ccc3ccccc3c2C(C)C)cc1. The first kappa shape index (κ1) is 18.3. The third-order valence-electron chi connectivity index (χ3n) is 4.92. The summed E-state index contributed by atoms with van der Waals surface area (Å²) in [5, 5.41) is 2.55. The highest BCUT2D eigenvalue weighted by atomic mass is 16.5. The topological polar surface area (TPSA) is 12.5 Å². The van der Waals surface area contributed by atoms with E-state index in [0.29, 0.717) is 18.6 Å². The van der Waals surface area contributed by atoms with Gasteiger partial charge in [-0.1, -0.05) is 70.2 Å². The Balaban J connectivity index is 1.79. The minimum atomic E-state index is 0.409. The van der Waals surface area contributed by atoms with E-state index in [-0.39, 0.29) is 0 Å². The molecule has 0 spiro atoms. The van der Waals surface area contributed by atoms with Crippen molar-refractivity contribution in [3.05, 3.63) is 71.8 Å². The predicted molar refractivity (Wildman–Crippen MR) is 112 cm³/mol. The molecule has 0 atom stereocenters. The molecule has 0 saturated carbocycles. The molecule has 26 heavy (non-hydrogen) atoms. The summed E-state index contributed by atoms with van der Waals surface area (Å²) in [6, 6.07) is 21.5. The van der Waals surface area contributed by atoms with Gasteiger partial charge in [0.05, 0.1) is 0 Å². The van der Waals surface area contributed by atoms with E-state index in [2.05, 4.69) is 100 Å². The fourth-order valence-electron chi connectivity index (χ4n) is 3.35. The van der Waals surface area contributed by atoms with Crippen LogP contribution in [0.15, 0.2) is 60.7 Å². The van der Waals surface area contributed by atoms with Gasteiger partial charge in [0.1, 0.15) is 5.75 Å². The normalized spacial score (nSPS) is 11.3. The minimum absolute atomic E-state index is 0.409. The van der Waals surface area contributed by atoms with Gasteiger partial charge in [0.25, 0.3) is 0 Å². The number of hydrogen-bond donors (Lipinski definition) is 0. The molecule has 2 heteroatoms. The van der Waals surface area contributed by atoms with Crippen molar-refractivity contribution in [3.63, 3.8) is 0 Å². The lowest BCUT2D eigenvalue weighted by atomic mass is 9.95. The van der Waals surface area contributed by atoms with Crippen molar-refractivity contribution >= 4 is 16.5 Å². The van der Waals surface area contributed by atoms with Crippen molar-refractivity contribution in [1.82, 2.24) is 0 Å². The molecule has 3 aromatic rings. The number of rotatable bonds is 6. The van der Waals surface area contributed by atoms with Crippen molar-refractivity contribution in [2.24, 2.45) is 0 Å². The van der Waals surface area contributed by atoms with Crippen LogP contribution >= 0.6 is 0 Å². The van der Waals surface area contributed by atoms with Crippen molar-refractivity contribution in [3.8, 4) is 5.75 Å². The fraction of sp³-hybridized carbons (Fsp3) is 0.333. The second-order valence-corrected chi connectivity index (χ2v) is 7.57. The number of fused-ring (bicyclic) bond motifs is 1. The molecule has 0 bridgehead atoms. The van der Waals surface area contributed by atoms with Crippen LogP contribution in [0.25, 0.3) is 10.8 Å². The van der Waals surface area contributed by atoms with Gasteiger partial charge in [-0.3, -0.25) is 0 Å². The average molecular weight is 348 g/mol. The van der Waals surface area contributed by atoms with E-state index in [1.54, 1.807) is 0 Å². The summed E-state index contributed by atoms with van der Waals surface area (Å²) in [4.78, 5) is 2.14. The Morgan fingerprint density at radius 1 is 0.808 bits per heavy atom. The zero-order chi connectivity index (χ0) is 18.7. The monoisotopic (exact) mass is 347 g/mol. The fourth-order valence-corrected chi connectivity index (χ4v) is 3.35. The molecule has 0 N–H and O–H groups in total. The van der Waals surface area contributed by atoms with Crippen LogP contribution < -0.4 is 9.64 Å². The maximum atomic E-state index is 6.23. The molecule has 0 radical (unpaired) electrons. The predicted octanol–water partition coefficient (Wildman–Crippen LogP) is 6.56. The van der Waals surface area contributed by atoms with Gasteiger partial charge in [-0.05, 0) is 46.4 Å². The van der Waals surface area contributed by atoms with Crippen LogP contribution in [0.2, 0.25) is 0 Å². The molecular weight excluding hydrogens is 318 g/mol. The largest absolute Gasteiger partial charge is 0.473 e. The van der Waals surface area contributed by atoms with Gasteiger partial charge in [0.2, 0.25) is 0 Å². The molecule has 0 aliphatic carbocycles. The van der Waals surface area contributed by atoms with Gasteiger partial charge >= 0.3 is 0 Å². The Bertz CT molecular complexity index is 865. The highest BCUT2D eigenvalue weighted by Gasteiger charge is 2.13. The Labute approximate surface area is 157 Å². The first-order valence-corrected chi connectivity index (χ1v) is 9.43. The number of ether oxygens (including phenoxy) is 1. The van der Waals surface area contributed by atoms with Crippen LogP contribution in [-0.4, -0.2) is 13.8 Å². The molecule has 0 amide bonds. The molecule has 3 aromatic carbocycles. The van der Waals surface area contributed by atoms with Crippen molar-refractivity contribution in [1.29, 1.82) is 0 Å². The standard InChI is InChI=1S/C24H29NO/c1-17(2)19-10-13-21(14-11-19)25(5)16-26-23-15-12-20-8-6-7-9-22(20)24(23)18(3)4/h6-15,17-18H,16H2,1-5H3. The number of benzene rings is 3. The number of nitrogens with zero attached hydrogens (tertiary/aromatic N) is 1. The lowest BCUT2D eigenvalue weighted by Gasteiger charge is -2.23. The summed E-state index contributed by atoms with van der Waals surface area (Å²) in [5.41, 5.74) is 3.81. The Morgan fingerprint density at radius 3 is 2.15 bits per heavy atom. The minimum Gasteiger partial charge on any atom is -0.473 e. The summed E-state index contributed by atoms with van der Waals surface area (Å²) < 4.78 is 6.23. The Morgan fingerprint density at radius 2 is 1.50 bits per heavy atom. The van der Waals surface area contributed by atoms with Gasteiger partial charge in [0.15, 0.2) is 6.73 Å². The maximum Gasteiger partial charge on any atom is 0.161 e. The van der Waals surface area contributed by atoms with E-state index in [0.717, 1.165) is 5.75 Å². The van der Waals surface area contributed by atoms with E-state index < -0.39 is 0 Å². The summed E-state index contributed by atoms with van der Waals surface area (Å²) in [7, 11) is 2.07. The quantitative estimate of drug-likeness (QED) is 0.468. The lowest BCUT2D eigenvalue weighted by Crippen LogP contribution is -2.23. The molecule has 0 aliphatic rings. The molecule has 136 valence electrons. The average Bonchev–Trinajstić information content (AvgIpc) is 2.65. The molecule has 0 fully saturated rings. The lowest BCUT2D eigenvalue weighted by molar-refractivity contribution is 0.317. The molecule has 0 aliphatic heterocycles. The first-order chi connectivity index (χ1) is 12.5. The van der Waals surface area contributed by atoms with E-state index in [1.165, 1.54) is 27.6 Å². The van der Waals surface area contributed by atoms with Crippen LogP contribution in [0.5, 0.6) is 5.75 Å². The first-order valence-electron chi connectivity index (χ1n) is 9.43. The number of hydrogen-bond acceptors (Lipinski definition) is 2. The van der Waals surface area contributed by atoms with E-state index >= 15 is 0 Å². The second kappa shape index (κ2) is 7.82. The van der Waals surface area contributed by atoms with Gasteiger partial charge < -0.3 is 9.64 Å². The molecule has 2 nitrogen and oxygen atoms in total. The third kappa shape index (κ3) is 3.85. The second-order valence-electron chi connectivity index (χ2n) is 7.57. The van der Waals surface area contributed by atoms with Crippen LogP contribution in [0, 0.1) is 0 Å². The van der Waals surface area contributed by atoms with E-state index in [1.807, 2.05) is 0 Å². The van der Waals surface area contributed by atoms with Gasteiger partial charge in [-0.25, -0.2) is 0 Å². The Kier molecular flexibility index (Phi) is 5.51. The summed E-state index contributed by atoms with van der Waals surface area (Å²) in [6.07, 6.45) is 0. The van der Waals surface area contributed by atoms with Crippen LogP contribution in [0.3, 0.4) is 0 Å². The maximum absolute atomic E-state index is 6.23. The van der Waals surface area contributed by atoms with Gasteiger partial charge in [0, 0.05) is 18.3 Å². The van der Waals surface area contributed by atoms with Crippen LogP contribution in [0.1, 0.15) is 50.7 Å². The summed E-state index contributed by atoms with van der Waals surface area (Å²) in [6.45, 7) is 9.41. The molecule has 0 heterocycles. The van der Waals surface area contributed by atoms with Gasteiger partial charge in [-0.2, -0.15) is 0 Å². The number of anilines is 1. The smallest absolute Gasteiger partial charge is 0.161 e. The van der Waals surface area contributed by atoms with Crippen molar-refractivity contribution in [2.45, 2.75) is 39.5 Å². The summed E-state index contributed by atoms with van der Waals surface area (Å²) in [5.74, 6) is 1.94. The zero-order valence-electron chi connectivity index (χ0n) is 16.5. The highest BCUT2D eigenvalue weighted by molar-refractivity contribution is 5.88. The van der Waals surface area contributed by atoms with Crippen molar-refractivity contribution < 1.29 is 4.74 Å².